The Hall–Kier alpha value is -1.42. The Morgan fingerprint density at radius 1 is 1.28 bits per heavy atom. The van der Waals surface area contributed by atoms with Crippen molar-refractivity contribution in [1.82, 2.24) is 0 Å². The second kappa shape index (κ2) is 12.0. The van der Waals surface area contributed by atoms with E-state index in [2.05, 4.69) is 26.0 Å². The monoisotopic (exact) mass is 350 g/mol. The van der Waals surface area contributed by atoms with Gasteiger partial charge in [-0.25, -0.2) is 0 Å². The van der Waals surface area contributed by atoms with Crippen LogP contribution in [0.5, 0.6) is 0 Å². The smallest absolute Gasteiger partial charge is 0.303 e. The Balaban J connectivity index is 2.48. The molecule has 2 N–H and O–H groups in total. The molecule has 1 rings (SSSR count). The summed E-state index contributed by atoms with van der Waals surface area (Å²) in [5.74, 6) is -0.409. The second-order valence-corrected chi connectivity index (χ2v) is 7.27. The fourth-order valence-corrected chi connectivity index (χ4v) is 3.39. The molecule has 0 aromatic rings. The van der Waals surface area contributed by atoms with Crippen LogP contribution < -0.4 is 0 Å². The van der Waals surface area contributed by atoms with Crippen molar-refractivity contribution < 1.29 is 19.8 Å². The van der Waals surface area contributed by atoms with Gasteiger partial charge in [-0.15, -0.1) is 0 Å². The topological polar surface area (TPSA) is 74.6 Å². The third kappa shape index (κ3) is 8.48. The first kappa shape index (κ1) is 21.6. The van der Waals surface area contributed by atoms with Crippen molar-refractivity contribution in [2.75, 3.05) is 0 Å². The van der Waals surface area contributed by atoms with Crippen LogP contribution in [0.25, 0.3) is 0 Å². The van der Waals surface area contributed by atoms with E-state index >= 15 is 0 Å². The Bertz CT molecular complexity index is 467. The van der Waals surface area contributed by atoms with Gasteiger partial charge in [0.1, 0.15) is 5.78 Å². The van der Waals surface area contributed by atoms with Gasteiger partial charge < -0.3 is 10.2 Å². The third-order valence-electron chi connectivity index (χ3n) is 4.98. The van der Waals surface area contributed by atoms with E-state index in [1.807, 2.05) is 12.2 Å². The molecule has 0 spiro atoms. The molecule has 0 aromatic heterocycles. The average Bonchev–Trinajstić information content (AvgIpc) is 2.82. The molecule has 1 fully saturated rings. The highest BCUT2D eigenvalue weighted by Crippen LogP contribution is 2.33. The Morgan fingerprint density at radius 2 is 2.04 bits per heavy atom. The van der Waals surface area contributed by atoms with E-state index in [4.69, 9.17) is 5.11 Å². The number of carboxylic acid groups (broad SMARTS) is 1. The molecule has 1 saturated carbocycles. The van der Waals surface area contributed by atoms with Crippen molar-refractivity contribution in [3.63, 3.8) is 0 Å². The third-order valence-corrected chi connectivity index (χ3v) is 4.98. The molecule has 4 nitrogen and oxygen atoms in total. The van der Waals surface area contributed by atoms with Gasteiger partial charge in [-0.05, 0) is 31.6 Å². The molecule has 1 aliphatic carbocycles. The molecule has 0 saturated heterocycles. The summed E-state index contributed by atoms with van der Waals surface area (Å²) < 4.78 is 0. The van der Waals surface area contributed by atoms with Crippen LogP contribution in [0.15, 0.2) is 24.3 Å². The first-order valence-electron chi connectivity index (χ1n) is 9.71. The number of hydrogen-bond donors (Lipinski definition) is 2. The van der Waals surface area contributed by atoms with E-state index in [1.54, 1.807) is 0 Å². The van der Waals surface area contributed by atoms with Gasteiger partial charge >= 0.3 is 5.97 Å². The van der Waals surface area contributed by atoms with Gasteiger partial charge in [0.05, 0.1) is 6.10 Å². The van der Waals surface area contributed by atoms with Crippen LogP contribution >= 0.6 is 0 Å². The minimum atomic E-state index is -0.777. The van der Waals surface area contributed by atoms with E-state index in [-0.39, 0.29) is 30.5 Å². The minimum absolute atomic E-state index is 0.0928. The highest BCUT2D eigenvalue weighted by atomic mass is 16.4. The van der Waals surface area contributed by atoms with E-state index in [1.165, 1.54) is 19.3 Å². The summed E-state index contributed by atoms with van der Waals surface area (Å²) in [7, 11) is 0. The number of aliphatic hydroxyl groups excluding tert-OH is 1. The van der Waals surface area contributed by atoms with Crippen LogP contribution in [0.2, 0.25) is 0 Å². The lowest BCUT2D eigenvalue weighted by atomic mass is 9.89. The molecule has 0 heterocycles. The van der Waals surface area contributed by atoms with Gasteiger partial charge in [0.2, 0.25) is 0 Å². The number of rotatable bonds is 12. The lowest BCUT2D eigenvalue weighted by Gasteiger charge is -2.17. The number of allylic oxidation sites excluding steroid dienone is 3. The molecule has 0 radical (unpaired) electrons. The van der Waals surface area contributed by atoms with Crippen LogP contribution in [0.1, 0.15) is 71.6 Å². The molecule has 142 valence electrons. The average molecular weight is 350 g/mol. The van der Waals surface area contributed by atoms with Crippen molar-refractivity contribution in [2.45, 2.75) is 77.7 Å². The normalized spacial score (nSPS) is 25.2. The Morgan fingerprint density at radius 3 is 2.72 bits per heavy atom. The van der Waals surface area contributed by atoms with Crippen molar-refractivity contribution >= 4 is 11.8 Å². The molecule has 0 amide bonds. The van der Waals surface area contributed by atoms with Crippen molar-refractivity contribution in [3.8, 4) is 0 Å². The second-order valence-electron chi connectivity index (χ2n) is 7.27. The molecule has 0 aromatic carbocycles. The zero-order valence-corrected chi connectivity index (χ0v) is 15.7. The molecule has 4 heteroatoms. The Labute approximate surface area is 152 Å². The van der Waals surface area contributed by atoms with Crippen molar-refractivity contribution in [1.29, 1.82) is 0 Å². The number of unbranched alkanes of at least 4 members (excludes halogenated alkanes) is 3. The molecule has 0 unspecified atom stereocenters. The predicted molar refractivity (Wildman–Crippen MR) is 100 cm³/mol. The zero-order valence-electron chi connectivity index (χ0n) is 15.7. The quantitative estimate of drug-likeness (QED) is 0.401. The lowest BCUT2D eigenvalue weighted by molar-refractivity contribution is -0.137. The molecular formula is C21H34O4. The summed E-state index contributed by atoms with van der Waals surface area (Å²) in [5.41, 5.74) is 0. The number of ketones is 1. The first-order chi connectivity index (χ1) is 12.0. The minimum Gasteiger partial charge on any atom is -0.481 e. The van der Waals surface area contributed by atoms with Crippen LogP contribution in [0, 0.1) is 17.8 Å². The van der Waals surface area contributed by atoms with Crippen LogP contribution in [0.3, 0.4) is 0 Å². The van der Waals surface area contributed by atoms with Crippen molar-refractivity contribution in [2.24, 2.45) is 17.8 Å². The standard InChI is InChI=1S/C21H34O4/c1-3-4-7-10-16(2)13-14-18-17(19(22)15-20(18)23)11-8-5-6-9-12-21(24)25/h5,8,13-14,16-18,20,23H,3-4,6-7,9-12,15H2,1-2H3,(H,24,25)/b8-5-,14-13+/t16-,17+,18+,20+/m0/s1. The summed E-state index contributed by atoms with van der Waals surface area (Å²) in [6.45, 7) is 4.38. The highest BCUT2D eigenvalue weighted by molar-refractivity contribution is 5.84. The maximum absolute atomic E-state index is 12.2. The van der Waals surface area contributed by atoms with Gasteiger partial charge in [-0.3, -0.25) is 9.59 Å². The fraction of sp³-hybridized carbons (Fsp3) is 0.714. The van der Waals surface area contributed by atoms with Crippen LogP contribution in [0.4, 0.5) is 0 Å². The maximum atomic E-state index is 12.2. The molecule has 25 heavy (non-hydrogen) atoms. The van der Waals surface area contributed by atoms with Gasteiger partial charge in [0.25, 0.3) is 0 Å². The summed E-state index contributed by atoms with van der Waals surface area (Å²) in [5, 5.41) is 18.8. The SMILES string of the molecule is CCCCC[C@H](C)/C=C/[C@H]1[C@H](O)CC(=O)[C@@H]1C/C=C\CCCC(=O)O. The first-order valence-corrected chi connectivity index (χ1v) is 9.71. The van der Waals surface area contributed by atoms with E-state index in [0.717, 1.165) is 6.42 Å². The van der Waals surface area contributed by atoms with Crippen LogP contribution in [-0.4, -0.2) is 28.1 Å². The molecular weight excluding hydrogens is 316 g/mol. The summed E-state index contributed by atoms with van der Waals surface area (Å²) in [6, 6.07) is 0. The molecule has 1 aliphatic rings. The molecule has 0 aliphatic heterocycles. The maximum Gasteiger partial charge on any atom is 0.303 e. The van der Waals surface area contributed by atoms with E-state index in [0.29, 0.717) is 25.2 Å². The predicted octanol–water partition coefficient (Wildman–Crippen LogP) is 4.53. The largest absolute Gasteiger partial charge is 0.481 e. The number of carboxylic acids is 1. The van der Waals surface area contributed by atoms with Crippen molar-refractivity contribution in [3.05, 3.63) is 24.3 Å². The van der Waals surface area contributed by atoms with E-state index < -0.39 is 12.1 Å². The number of aliphatic hydroxyl groups is 1. The zero-order chi connectivity index (χ0) is 18.7. The molecule has 4 atom stereocenters. The number of carbonyl (C=O) groups is 2. The fourth-order valence-electron chi connectivity index (χ4n) is 3.39. The number of Topliss-reactive ketones (excluding diaryl/α,β-unsaturated/α-hetero) is 1. The summed E-state index contributed by atoms with van der Waals surface area (Å²) >= 11 is 0. The summed E-state index contributed by atoms with van der Waals surface area (Å²) in [4.78, 5) is 22.6. The number of hydrogen-bond acceptors (Lipinski definition) is 3. The van der Waals surface area contributed by atoms with E-state index in [9.17, 15) is 14.7 Å². The number of aliphatic carboxylic acids is 1. The lowest BCUT2D eigenvalue weighted by Crippen LogP contribution is -2.18. The highest BCUT2D eigenvalue weighted by Gasteiger charge is 2.39. The van der Waals surface area contributed by atoms with Gasteiger partial charge in [0, 0.05) is 24.7 Å². The Kier molecular flexibility index (Phi) is 10.4. The van der Waals surface area contributed by atoms with Gasteiger partial charge in [-0.2, -0.15) is 0 Å². The molecule has 0 bridgehead atoms. The summed E-state index contributed by atoms with van der Waals surface area (Å²) in [6.07, 6.45) is 14.8. The van der Waals surface area contributed by atoms with Gasteiger partial charge in [0.15, 0.2) is 0 Å². The van der Waals surface area contributed by atoms with Crippen LogP contribution in [-0.2, 0) is 9.59 Å². The number of carbonyl (C=O) groups excluding carboxylic acids is 1. The van der Waals surface area contributed by atoms with Gasteiger partial charge in [-0.1, -0.05) is 57.4 Å².